The lowest BCUT2D eigenvalue weighted by atomic mass is 10.1. The summed E-state index contributed by atoms with van der Waals surface area (Å²) in [7, 11) is 2.67. The van der Waals surface area contributed by atoms with Gasteiger partial charge in [0.15, 0.2) is 11.5 Å². The van der Waals surface area contributed by atoms with E-state index in [2.05, 4.69) is 10.9 Å². The molecule has 10 nitrogen and oxygen atoms in total. The molecule has 166 valence electrons. The smallest absolute Gasteiger partial charge is 0.286 e. The van der Waals surface area contributed by atoms with Crippen LogP contribution in [0.25, 0.3) is 5.69 Å². The Morgan fingerprint density at radius 1 is 0.906 bits per heavy atom. The summed E-state index contributed by atoms with van der Waals surface area (Å²) >= 11 is 0. The number of hydrogen-bond donors (Lipinski definition) is 2. The van der Waals surface area contributed by atoms with Crippen LogP contribution in [-0.2, 0) is 0 Å². The molecule has 0 fully saturated rings. The Morgan fingerprint density at radius 2 is 1.47 bits per heavy atom. The standard InChI is InChI=1S/C22H22N4O6/c1-13-10-16(14(2)25(13)15-8-6-5-7-9-15)21(27)23-24-22(28)17-11-19(31-3)20(32-4)12-18(17)26(29)30/h5-12H,1-4H3,(H,23,27)(H,24,28). The fourth-order valence-electron chi connectivity index (χ4n) is 3.42. The molecule has 0 aliphatic carbocycles. The molecule has 10 heteroatoms. The first-order valence-corrected chi connectivity index (χ1v) is 9.54. The predicted octanol–water partition coefficient (Wildman–Crippen LogP) is 3.09. The quantitative estimate of drug-likeness (QED) is 0.450. The van der Waals surface area contributed by atoms with Gasteiger partial charge in [-0.3, -0.25) is 30.6 Å². The Bertz CT molecular complexity index is 1190. The summed E-state index contributed by atoms with van der Waals surface area (Å²) in [4.78, 5) is 36.0. The second-order valence-electron chi connectivity index (χ2n) is 6.85. The minimum Gasteiger partial charge on any atom is -0.493 e. The molecule has 3 rings (SSSR count). The van der Waals surface area contributed by atoms with Gasteiger partial charge < -0.3 is 14.0 Å². The van der Waals surface area contributed by atoms with Crippen LogP contribution in [0.3, 0.4) is 0 Å². The van der Waals surface area contributed by atoms with Crippen molar-refractivity contribution in [1.82, 2.24) is 15.4 Å². The molecule has 1 aromatic heterocycles. The van der Waals surface area contributed by atoms with Crippen LogP contribution >= 0.6 is 0 Å². The van der Waals surface area contributed by atoms with E-state index in [0.29, 0.717) is 11.3 Å². The molecule has 0 atom stereocenters. The molecule has 2 aromatic carbocycles. The van der Waals surface area contributed by atoms with Crippen LogP contribution in [0.4, 0.5) is 5.69 Å². The molecule has 2 N–H and O–H groups in total. The van der Waals surface area contributed by atoms with Gasteiger partial charge in [-0.05, 0) is 32.0 Å². The van der Waals surface area contributed by atoms with Crippen molar-refractivity contribution >= 4 is 17.5 Å². The zero-order valence-corrected chi connectivity index (χ0v) is 18.0. The first-order valence-electron chi connectivity index (χ1n) is 9.54. The molecule has 1 heterocycles. The number of nitro groups is 1. The number of benzene rings is 2. The summed E-state index contributed by atoms with van der Waals surface area (Å²) in [6, 6.07) is 13.5. The molecule has 0 unspecified atom stereocenters. The number of aryl methyl sites for hydroxylation is 1. The first-order chi connectivity index (χ1) is 15.3. The Kier molecular flexibility index (Phi) is 6.43. The maximum atomic E-state index is 12.7. The Hall–Kier alpha value is -4.34. The van der Waals surface area contributed by atoms with Gasteiger partial charge in [0, 0.05) is 23.1 Å². The molecule has 0 saturated heterocycles. The second-order valence-corrected chi connectivity index (χ2v) is 6.85. The van der Waals surface area contributed by atoms with Gasteiger partial charge in [-0.25, -0.2) is 0 Å². The minimum absolute atomic E-state index is 0.105. The molecular formula is C22H22N4O6. The molecule has 0 aliphatic heterocycles. The van der Waals surface area contributed by atoms with Gasteiger partial charge in [0.25, 0.3) is 17.5 Å². The number of aromatic nitrogens is 1. The summed E-state index contributed by atoms with van der Waals surface area (Å²) in [5.74, 6) is -1.19. The van der Waals surface area contributed by atoms with Crippen LogP contribution in [0, 0.1) is 24.0 Å². The van der Waals surface area contributed by atoms with E-state index >= 15 is 0 Å². The van der Waals surface area contributed by atoms with Crippen molar-refractivity contribution in [3.05, 3.63) is 81.2 Å². The second kappa shape index (κ2) is 9.21. The van der Waals surface area contributed by atoms with Crippen molar-refractivity contribution in [3.63, 3.8) is 0 Å². The number of carbonyl (C=O) groups excluding carboxylic acids is 2. The lowest BCUT2D eigenvalue weighted by Gasteiger charge is -2.12. The van der Waals surface area contributed by atoms with Crippen LogP contribution in [0.1, 0.15) is 32.1 Å². The van der Waals surface area contributed by atoms with Crippen LogP contribution < -0.4 is 20.3 Å². The molecule has 32 heavy (non-hydrogen) atoms. The van der Waals surface area contributed by atoms with Crippen LogP contribution in [0.15, 0.2) is 48.5 Å². The largest absolute Gasteiger partial charge is 0.493 e. The topological polar surface area (TPSA) is 125 Å². The fraction of sp³-hybridized carbons (Fsp3) is 0.182. The molecule has 0 spiro atoms. The molecule has 0 radical (unpaired) electrons. The monoisotopic (exact) mass is 438 g/mol. The highest BCUT2D eigenvalue weighted by molar-refractivity contribution is 6.02. The van der Waals surface area contributed by atoms with Crippen molar-refractivity contribution in [2.45, 2.75) is 13.8 Å². The number of amides is 2. The third-order valence-electron chi connectivity index (χ3n) is 4.92. The number of nitro benzene ring substituents is 1. The Morgan fingerprint density at radius 3 is 2.03 bits per heavy atom. The van der Waals surface area contributed by atoms with Gasteiger partial charge in [0.1, 0.15) is 5.56 Å². The molecule has 0 saturated carbocycles. The van der Waals surface area contributed by atoms with Gasteiger partial charge in [0.2, 0.25) is 0 Å². The summed E-state index contributed by atoms with van der Waals surface area (Å²) in [6.07, 6.45) is 0. The number of nitrogens with one attached hydrogen (secondary N) is 2. The minimum atomic E-state index is -0.872. The highest BCUT2D eigenvalue weighted by Crippen LogP contribution is 2.34. The molecular weight excluding hydrogens is 416 g/mol. The molecule has 2 amide bonds. The number of rotatable bonds is 6. The SMILES string of the molecule is COc1cc(C(=O)NNC(=O)c2cc(C)n(-c3ccccc3)c2C)c([N+](=O)[O-])cc1OC. The van der Waals surface area contributed by atoms with Gasteiger partial charge >= 0.3 is 0 Å². The third kappa shape index (κ3) is 4.24. The maximum absolute atomic E-state index is 12.7. The maximum Gasteiger partial charge on any atom is 0.286 e. The number of ether oxygens (including phenoxy) is 2. The van der Waals surface area contributed by atoms with Gasteiger partial charge in [-0.2, -0.15) is 0 Å². The van der Waals surface area contributed by atoms with E-state index in [4.69, 9.17) is 9.47 Å². The summed E-state index contributed by atoms with van der Waals surface area (Å²) < 4.78 is 12.1. The zero-order chi connectivity index (χ0) is 23.4. The summed E-state index contributed by atoms with van der Waals surface area (Å²) in [5.41, 5.74) is 6.53. The number of nitrogens with zero attached hydrogens (tertiary/aromatic N) is 2. The van der Waals surface area contributed by atoms with Gasteiger partial charge in [-0.15, -0.1) is 0 Å². The lowest BCUT2D eigenvalue weighted by molar-refractivity contribution is -0.385. The Labute approximate surface area is 183 Å². The van der Waals surface area contributed by atoms with Crippen LogP contribution in [-0.4, -0.2) is 35.5 Å². The van der Waals surface area contributed by atoms with E-state index in [1.54, 1.807) is 13.0 Å². The highest BCUT2D eigenvalue weighted by atomic mass is 16.6. The van der Waals surface area contributed by atoms with Crippen LogP contribution in [0.5, 0.6) is 11.5 Å². The summed E-state index contributed by atoms with van der Waals surface area (Å²) in [6.45, 7) is 3.65. The lowest BCUT2D eigenvalue weighted by Crippen LogP contribution is -2.42. The average Bonchev–Trinajstić information content (AvgIpc) is 3.10. The van der Waals surface area contributed by atoms with E-state index in [9.17, 15) is 19.7 Å². The molecule has 0 bridgehead atoms. The predicted molar refractivity (Wildman–Crippen MR) is 116 cm³/mol. The number of hydrazine groups is 1. The number of methoxy groups -OCH3 is 2. The average molecular weight is 438 g/mol. The number of carbonyl (C=O) groups is 2. The molecule has 3 aromatic rings. The van der Waals surface area contributed by atoms with E-state index in [1.165, 1.54) is 20.3 Å². The normalized spacial score (nSPS) is 10.4. The Balaban J connectivity index is 1.83. The third-order valence-corrected chi connectivity index (χ3v) is 4.92. The van der Waals surface area contributed by atoms with E-state index in [0.717, 1.165) is 17.4 Å². The first kappa shape index (κ1) is 22.3. The fourth-order valence-corrected chi connectivity index (χ4v) is 3.42. The van der Waals surface area contributed by atoms with Crippen molar-refractivity contribution in [2.75, 3.05) is 14.2 Å². The van der Waals surface area contributed by atoms with Crippen molar-refractivity contribution in [3.8, 4) is 17.2 Å². The van der Waals surface area contributed by atoms with Gasteiger partial charge in [-0.1, -0.05) is 18.2 Å². The van der Waals surface area contributed by atoms with E-state index in [-0.39, 0.29) is 17.1 Å². The van der Waals surface area contributed by atoms with Gasteiger partial charge in [0.05, 0.1) is 30.8 Å². The molecule has 0 aliphatic rings. The van der Waals surface area contributed by atoms with Crippen molar-refractivity contribution in [1.29, 1.82) is 0 Å². The van der Waals surface area contributed by atoms with Crippen molar-refractivity contribution < 1.29 is 24.0 Å². The number of hydrogen-bond acceptors (Lipinski definition) is 6. The van der Waals surface area contributed by atoms with E-state index < -0.39 is 22.4 Å². The number of para-hydroxylation sites is 1. The summed E-state index contributed by atoms with van der Waals surface area (Å²) in [5, 5.41) is 11.4. The zero-order valence-electron chi connectivity index (χ0n) is 18.0. The highest BCUT2D eigenvalue weighted by Gasteiger charge is 2.25. The van der Waals surface area contributed by atoms with Crippen LogP contribution in [0.2, 0.25) is 0 Å². The van der Waals surface area contributed by atoms with E-state index in [1.807, 2.05) is 41.8 Å². The van der Waals surface area contributed by atoms with Crippen molar-refractivity contribution in [2.24, 2.45) is 0 Å².